The summed E-state index contributed by atoms with van der Waals surface area (Å²) in [6, 6.07) is 6.91. The number of aromatic nitrogens is 2. The van der Waals surface area contributed by atoms with Crippen LogP contribution in [0.3, 0.4) is 0 Å². The first kappa shape index (κ1) is 12.5. The maximum atomic E-state index is 11.8. The van der Waals surface area contributed by atoms with E-state index in [9.17, 15) is 8.42 Å². The van der Waals surface area contributed by atoms with E-state index in [0.717, 1.165) is 11.5 Å². The third-order valence-corrected chi connectivity index (χ3v) is 5.48. The largest absolute Gasteiger partial charge is 0.223 e. The quantitative estimate of drug-likeness (QED) is 0.871. The van der Waals surface area contributed by atoms with Gasteiger partial charge >= 0.3 is 0 Å². The highest BCUT2D eigenvalue weighted by Crippen LogP contribution is 2.30. The van der Waals surface area contributed by atoms with Crippen LogP contribution in [0.5, 0.6) is 0 Å². The van der Waals surface area contributed by atoms with Gasteiger partial charge in [-0.2, -0.15) is 0 Å². The Labute approximate surface area is 108 Å². The molecule has 1 heterocycles. The van der Waals surface area contributed by atoms with E-state index in [1.54, 1.807) is 31.2 Å². The molecule has 0 atom stereocenters. The Morgan fingerprint density at radius 2 is 2.18 bits per heavy atom. The monoisotopic (exact) mass is 288 g/mol. The average Bonchev–Trinajstić information content (AvgIpc) is 2.78. The third-order valence-electron chi connectivity index (χ3n) is 2.22. The van der Waals surface area contributed by atoms with E-state index in [0.29, 0.717) is 16.3 Å². The molecule has 0 N–H and O–H groups in total. The molecule has 4 nitrogen and oxygen atoms in total. The van der Waals surface area contributed by atoms with Gasteiger partial charge in [0.2, 0.25) is 0 Å². The third kappa shape index (κ3) is 2.48. The topological polar surface area (TPSA) is 59.9 Å². The lowest BCUT2D eigenvalue weighted by molar-refractivity contribution is 0.599. The molecule has 0 amide bonds. The minimum absolute atomic E-state index is 0.0322. The molecule has 0 fully saturated rings. The SMILES string of the molecule is CCS(=O)(=O)c1snnc1-c1cccc(Cl)c1. The first-order valence-corrected chi connectivity index (χ1v) is 7.66. The maximum absolute atomic E-state index is 11.8. The van der Waals surface area contributed by atoms with Crippen molar-refractivity contribution in [2.24, 2.45) is 0 Å². The summed E-state index contributed by atoms with van der Waals surface area (Å²) in [6.45, 7) is 1.59. The number of benzene rings is 1. The Kier molecular flexibility index (Phi) is 3.46. The van der Waals surface area contributed by atoms with Crippen molar-refractivity contribution >= 4 is 33.0 Å². The van der Waals surface area contributed by atoms with Crippen LogP contribution in [0.25, 0.3) is 11.3 Å². The van der Waals surface area contributed by atoms with E-state index in [2.05, 4.69) is 9.59 Å². The van der Waals surface area contributed by atoms with Crippen molar-refractivity contribution in [2.75, 3.05) is 5.75 Å². The molecule has 0 aliphatic rings. The molecule has 0 spiro atoms. The Hall–Kier alpha value is -0.980. The lowest BCUT2D eigenvalue weighted by atomic mass is 10.2. The Morgan fingerprint density at radius 3 is 2.82 bits per heavy atom. The number of halogens is 1. The molecule has 17 heavy (non-hydrogen) atoms. The zero-order chi connectivity index (χ0) is 12.5. The highest BCUT2D eigenvalue weighted by molar-refractivity contribution is 7.93. The molecule has 1 aromatic carbocycles. The number of rotatable bonds is 3. The van der Waals surface area contributed by atoms with Crippen molar-refractivity contribution in [3.05, 3.63) is 29.3 Å². The normalized spacial score (nSPS) is 11.6. The fourth-order valence-corrected chi connectivity index (χ4v) is 3.58. The second kappa shape index (κ2) is 4.72. The fourth-order valence-electron chi connectivity index (χ4n) is 1.33. The standard InChI is InChI=1S/C10H9ClN2O2S2/c1-2-17(14,15)10-9(12-13-16-10)7-4-3-5-8(11)6-7/h3-6H,2H2,1H3. The van der Waals surface area contributed by atoms with Gasteiger partial charge < -0.3 is 0 Å². The first-order valence-electron chi connectivity index (χ1n) is 4.85. The first-order chi connectivity index (χ1) is 8.04. The van der Waals surface area contributed by atoms with E-state index < -0.39 is 9.84 Å². The van der Waals surface area contributed by atoms with Gasteiger partial charge in [0, 0.05) is 22.1 Å². The second-order valence-corrected chi connectivity index (χ2v) is 6.99. The highest BCUT2D eigenvalue weighted by atomic mass is 35.5. The molecule has 2 aromatic rings. The molecule has 0 unspecified atom stereocenters. The van der Waals surface area contributed by atoms with Crippen molar-refractivity contribution in [1.29, 1.82) is 0 Å². The predicted octanol–water partition coefficient (Wildman–Crippen LogP) is 2.65. The summed E-state index contributed by atoms with van der Waals surface area (Å²) in [5, 5.41) is 4.41. The Balaban J connectivity index is 2.59. The molecule has 0 radical (unpaired) electrons. The fraction of sp³-hybridized carbons (Fsp3) is 0.200. The van der Waals surface area contributed by atoms with Gasteiger partial charge in [-0.25, -0.2) is 8.42 Å². The van der Waals surface area contributed by atoms with Crippen LogP contribution < -0.4 is 0 Å². The van der Waals surface area contributed by atoms with Crippen LogP contribution in [-0.2, 0) is 9.84 Å². The van der Waals surface area contributed by atoms with Crippen LogP contribution in [0.4, 0.5) is 0 Å². The minimum atomic E-state index is -3.30. The smallest absolute Gasteiger partial charge is 0.191 e. The lowest BCUT2D eigenvalue weighted by Gasteiger charge is -2.01. The summed E-state index contributed by atoms with van der Waals surface area (Å²) in [4.78, 5) is 0. The van der Waals surface area contributed by atoms with Crippen molar-refractivity contribution in [3.8, 4) is 11.3 Å². The molecule has 7 heteroatoms. The average molecular weight is 289 g/mol. The van der Waals surface area contributed by atoms with Gasteiger partial charge in [-0.15, -0.1) is 5.10 Å². The van der Waals surface area contributed by atoms with Crippen molar-refractivity contribution < 1.29 is 8.42 Å². The molecular formula is C10H9ClN2O2S2. The van der Waals surface area contributed by atoms with E-state index in [1.807, 2.05) is 0 Å². The summed E-state index contributed by atoms with van der Waals surface area (Å²) in [5.74, 6) is 0.0322. The van der Waals surface area contributed by atoms with E-state index >= 15 is 0 Å². The molecule has 0 aliphatic carbocycles. The molecule has 1 aromatic heterocycles. The van der Waals surface area contributed by atoms with E-state index in [4.69, 9.17) is 11.6 Å². The molecule has 0 aliphatic heterocycles. The number of nitrogens with zero attached hydrogens (tertiary/aromatic N) is 2. The van der Waals surface area contributed by atoms with E-state index in [1.165, 1.54) is 0 Å². The maximum Gasteiger partial charge on any atom is 0.191 e. The minimum Gasteiger partial charge on any atom is -0.223 e. The van der Waals surface area contributed by atoms with Gasteiger partial charge in [0.1, 0.15) is 5.69 Å². The molecule has 0 saturated carbocycles. The van der Waals surface area contributed by atoms with Crippen molar-refractivity contribution in [3.63, 3.8) is 0 Å². The van der Waals surface area contributed by atoms with Crippen LogP contribution in [0, 0.1) is 0 Å². The zero-order valence-corrected chi connectivity index (χ0v) is 11.3. The summed E-state index contributed by atoms with van der Waals surface area (Å²) in [5.41, 5.74) is 1.04. The lowest BCUT2D eigenvalue weighted by Crippen LogP contribution is -2.03. The number of sulfone groups is 1. The Bertz CT molecular complexity index is 637. The highest BCUT2D eigenvalue weighted by Gasteiger charge is 2.22. The summed E-state index contributed by atoms with van der Waals surface area (Å²) < 4.78 is 27.6. The van der Waals surface area contributed by atoms with Crippen LogP contribution in [0.15, 0.2) is 28.5 Å². The molecule has 90 valence electrons. The predicted molar refractivity (Wildman–Crippen MR) is 68.1 cm³/mol. The molecule has 0 saturated heterocycles. The van der Waals surface area contributed by atoms with Gasteiger partial charge in [0.25, 0.3) is 0 Å². The van der Waals surface area contributed by atoms with Crippen LogP contribution in [-0.4, -0.2) is 23.8 Å². The summed E-state index contributed by atoms with van der Waals surface area (Å²) in [6.07, 6.45) is 0. The van der Waals surface area contributed by atoms with Crippen LogP contribution in [0.2, 0.25) is 5.02 Å². The van der Waals surface area contributed by atoms with Gasteiger partial charge in [0.15, 0.2) is 14.0 Å². The van der Waals surface area contributed by atoms with Crippen LogP contribution >= 0.6 is 23.1 Å². The number of hydrogen-bond acceptors (Lipinski definition) is 5. The summed E-state index contributed by atoms with van der Waals surface area (Å²) >= 11 is 6.76. The van der Waals surface area contributed by atoms with Crippen molar-refractivity contribution in [1.82, 2.24) is 9.59 Å². The van der Waals surface area contributed by atoms with Crippen molar-refractivity contribution in [2.45, 2.75) is 11.1 Å². The van der Waals surface area contributed by atoms with Gasteiger partial charge in [-0.3, -0.25) is 0 Å². The van der Waals surface area contributed by atoms with Crippen LogP contribution in [0.1, 0.15) is 6.92 Å². The van der Waals surface area contributed by atoms with Gasteiger partial charge in [-0.05, 0) is 12.1 Å². The zero-order valence-electron chi connectivity index (χ0n) is 8.92. The molecule has 0 bridgehead atoms. The van der Waals surface area contributed by atoms with E-state index in [-0.39, 0.29) is 9.96 Å². The summed E-state index contributed by atoms with van der Waals surface area (Å²) in [7, 11) is -3.30. The second-order valence-electron chi connectivity index (χ2n) is 3.32. The molecular weight excluding hydrogens is 280 g/mol. The molecule has 2 rings (SSSR count). The Morgan fingerprint density at radius 1 is 1.41 bits per heavy atom. The van der Waals surface area contributed by atoms with Gasteiger partial charge in [0.05, 0.1) is 5.75 Å². The number of hydrogen-bond donors (Lipinski definition) is 0. The van der Waals surface area contributed by atoms with Gasteiger partial charge in [-0.1, -0.05) is 35.1 Å².